The van der Waals surface area contributed by atoms with Crippen LogP contribution in [0.25, 0.3) is 10.9 Å². The maximum absolute atomic E-state index is 13.2. The highest BCUT2D eigenvalue weighted by molar-refractivity contribution is 7.99. The Morgan fingerprint density at radius 2 is 2.15 bits per heavy atom. The fourth-order valence-corrected chi connectivity index (χ4v) is 4.48. The first-order valence-corrected chi connectivity index (χ1v) is 9.83. The van der Waals surface area contributed by atoms with E-state index in [2.05, 4.69) is 10.3 Å². The Morgan fingerprint density at radius 3 is 2.93 bits per heavy atom. The summed E-state index contributed by atoms with van der Waals surface area (Å²) in [6, 6.07) is 11.0. The topological polar surface area (TPSA) is 73.2 Å². The molecular weight excluding hydrogens is 362 g/mol. The van der Waals surface area contributed by atoms with Crippen molar-refractivity contribution in [2.75, 3.05) is 12.4 Å². The zero-order valence-corrected chi connectivity index (χ0v) is 15.6. The first kappa shape index (κ1) is 17.8. The van der Waals surface area contributed by atoms with Gasteiger partial charge in [-0.3, -0.25) is 19.7 Å². The number of ketones is 1. The van der Waals surface area contributed by atoms with Crippen molar-refractivity contribution in [1.82, 2.24) is 14.9 Å². The van der Waals surface area contributed by atoms with E-state index in [4.69, 9.17) is 4.74 Å². The van der Waals surface area contributed by atoms with Gasteiger partial charge in [0.15, 0.2) is 5.78 Å². The number of benzene rings is 1. The number of fused-ring (bicyclic) bond motifs is 1. The first-order chi connectivity index (χ1) is 13.2. The van der Waals surface area contributed by atoms with Gasteiger partial charge in [0.1, 0.15) is 0 Å². The lowest BCUT2D eigenvalue weighted by atomic mass is 10.0. The van der Waals surface area contributed by atoms with Gasteiger partial charge in [0, 0.05) is 35.3 Å². The first-order valence-electron chi connectivity index (χ1n) is 8.78. The fraction of sp³-hybridized carbons (Fsp3) is 0.250. The lowest BCUT2D eigenvalue weighted by Gasteiger charge is -2.12. The van der Waals surface area contributed by atoms with Gasteiger partial charge in [-0.15, -0.1) is 11.8 Å². The number of pyridine rings is 1. The van der Waals surface area contributed by atoms with E-state index in [9.17, 15) is 9.59 Å². The van der Waals surface area contributed by atoms with Gasteiger partial charge in [-0.1, -0.05) is 24.3 Å². The van der Waals surface area contributed by atoms with Gasteiger partial charge in [0.2, 0.25) is 0 Å². The molecule has 4 rings (SSSR count). The molecule has 2 aromatic heterocycles. The minimum absolute atomic E-state index is 0.0202. The minimum atomic E-state index is -0.477. The summed E-state index contributed by atoms with van der Waals surface area (Å²) in [7, 11) is 0. The highest BCUT2D eigenvalue weighted by Gasteiger charge is 2.33. The van der Waals surface area contributed by atoms with Crippen LogP contribution in [0.15, 0.2) is 55.0 Å². The lowest BCUT2D eigenvalue weighted by Crippen LogP contribution is -2.34. The third kappa shape index (κ3) is 3.36. The Balaban J connectivity index is 1.63. The Bertz CT molecular complexity index is 987. The Morgan fingerprint density at radius 1 is 1.30 bits per heavy atom. The molecule has 0 radical (unpaired) electrons. The second-order valence-corrected chi connectivity index (χ2v) is 7.35. The largest absolute Gasteiger partial charge is 0.449 e. The third-order valence-electron chi connectivity index (χ3n) is 4.53. The molecular formula is C20H19N3O3S. The van der Waals surface area contributed by atoms with Crippen molar-refractivity contribution in [2.24, 2.45) is 0 Å². The summed E-state index contributed by atoms with van der Waals surface area (Å²) in [5.74, 6) is 0.644. The summed E-state index contributed by atoms with van der Waals surface area (Å²) in [4.78, 5) is 29.6. The maximum Gasteiger partial charge on any atom is 0.418 e. The van der Waals surface area contributed by atoms with E-state index in [1.54, 1.807) is 31.1 Å². The zero-order chi connectivity index (χ0) is 18.8. The molecule has 0 aliphatic carbocycles. The number of hydrogen-bond acceptors (Lipinski definition) is 6. The molecule has 1 N–H and O–H groups in total. The van der Waals surface area contributed by atoms with Crippen LogP contribution in [0.3, 0.4) is 0 Å². The number of nitrogens with zero attached hydrogens (tertiary/aromatic N) is 2. The van der Waals surface area contributed by atoms with Gasteiger partial charge in [-0.25, -0.2) is 4.79 Å². The number of ether oxygens (including phenoxy) is 1. The molecule has 0 saturated carbocycles. The molecule has 2 atom stereocenters. The summed E-state index contributed by atoms with van der Waals surface area (Å²) in [6.07, 6.45) is 4.66. The lowest BCUT2D eigenvalue weighted by molar-refractivity contribution is 0.0957. The number of carbonyl (C=O) groups excluding carboxylic acids is 2. The quantitative estimate of drug-likeness (QED) is 0.696. The van der Waals surface area contributed by atoms with Crippen LogP contribution in [-0.4, -0.2) is 39.8 Å². The number of para-hydroxylation sites is 1. The summed E-state index contributed by atoms with van der Waals surface area (Å²) in [6.45, 7) is 2.04. The van der Waals surface area contributed by atoms with Crippen LogP contribution in [0, 0.1) is 0 Å². The number of thioether (sulfide) groups is 1. The predicted octanol–water partition coefficient (Wildman–Crippen LogP) is 3.63. The van der Waals surface area contributed by atoms with E-state index in [1.807, 2.05) is 42.6 Å². The second-order valence-electron chi connectivity index (χ2n) is 6.21. The molecule has 3 aromatic rings. The molecule has 1 aliphatic heterocycles. The molecule has 6 nitrogen and oxygen atoms in total. The molecule has 1 unspecified atom stereocenters. The highest BCUT2D eigenvalue weighted by atomic mass is 32.2. The monoisotopic (exact) mass is 381 g/mol. The van der Waals surface area contributed by atoms with Crippen molar-refractivity contribution in [3.63, 3.8) is 0 Å². The summed E-state index contributed by atoms with van der Waals surface area (Å²) in [5, 5.41) is 4.17. The van der Waals surface area contributed by atoms with Gasteiger partial charge in [-0.2, -0.15) is 0 Å². The predicted molar refractivity (Wildman–Crippen MR) is 105 cm³/mol. The van der Waals surface area contributed by atoms with Crippen LogP contribution in [0.5, 0.6) is 0 Å². The van der Waals surface area contributed by atoms with E-state index in [0.29, 0.717) is 16.8 Å². The van der Waals surface area contributed by atoms with Crippen LogP contribution >= 0.6 is 11.8 Å². The number of nitrogens with one attached hydrogen (secondary N) is 1. The number of aromatic nitrogens is 2. The number of hydrogen-bond donors (Lipinski definition) is 1. The van der Waals surface area contributed by atoms with E-state index in [1.165, 1.54) is 4.57 Å². The Hall–Kier alpha value is -2.64. The van der Waals surface area contributed by atoms with E-state index in [0.717, 1.165) is 10.9 Å². The standard InChI is InChI=1S/C20H19N3O3S/c1-2-26-20(25)23-11-15(14-7-3-4-8-17(14)23)18(24)16-12-27-19(22-16)13-6-5-9-21-10-13/h3-11,16,19,22H,2,12H2,1H3/t16-,19?/m0/s1. The SMILES string of the molecule is CCOC(=O)n1cc(C(=O)[C@@H]2CSC(c3cccnc3)N2)c2ccccc21. The van der Waals surface area contributed by atoms with Gasteiger partial charge in [0.25, 0.3) is 0 Å². The van der Waals surface area contributed by atoms with Crippen LogP contribution in [0.1, 0.15) is 28.2 Å². The molecule has 27 heavy (non-hydrogen) atoms. The van der Waals surface area contributed by atoms with Gasteiger partial charge in [-0.05, 0) is 24.6 Å². The summed E-state index contributed by atoms with van der Waals surface area (Å²) in [5.41, 5.74) is 2.25. The number of Topliss-reactive ketones (excluding diaryl/α,β-unsaturated/α-hetero) is 1. The maximum atomic E-state index is 13.2. The van der Waals surface area contributed by atoms with Crippen molar-refractivity contribution >= 4 is 34.5 Å². The molecule has 3 heterocycles. The van der Waals surface area contributed by atoms with Crippen LogP contribution in [0.4, 0.5) is 4.79 Å². The molecule has 1 aromatic carbocycles. The van der Waals surface area contributed by atoms with Crippen LogP contribution in [0.2, 0.25) is 0 Å². The molecule has 0 bridgehead atoms. The smallest absolute Gasteiger partial charge is 0.418 e. The average Bonchev–Trinajstić information content (AvgIpc) is 3.34. The van der Waals surface area contributed by atoms with E-state index >= 15 is 0 Å². The van der Waals surface area contributed by atoms with Crippen molar-refractivity contribution < 1.29 is 14.3 Å². The zero-order valence-electron chi connectivity index (χ0n) is 14.8. The average molecular weight is 381 g/mol. The molecule has 0 amide bonds. The molecule has 1 saturated heterocycles. The van der Waals surface area contributed by atoms with Crippen molar-refractivity contribution in [3.05, 3.63) is 66.1 Å². The van der Waals surface area contributed by atoms with Crippen molar-refractivity contribution in [2.45, 2.75) is 18.3 Å². The number of carbonyl (C=O) groups is 2. The third-order valence-corrected chi connectivity index (χ3v) is 5.80. The normalized spacial score (nSPS) is 19.3. The molecule has 7 heteroatoms. The number of rotatable bonds is 4. The van der Waals surface area contributed by atoms with E-state index < -0.39 is 6.09 Å². The summed E-state index contributed by atoms with van der Waals surface area (Å²) >= 11 is 1.68. The molecule has 1 fully saturated rings. The van der Waals surface area contributed by atoms with Gasteiger partial charge < -0.3 is 4.74 Å². The minimum Gasteiger partial charge on any atom is -0.449 e. The second kappa shape index (κ2) is 7.54. The van der Waals surface area contributed by atoms with E-state index in [-0.39, 0.29) is 23.8 Å². The molecule has 138 valence electrons. The fourth-order valence-electron chi connectivity index (χ4n) is 3.25. The Kier molecular flexibility index (Phi) is 4.96. The molecule has 1 aliphatic rings. The van der Waals surface area contributed by atoms with Gasteiger partial charge in [0.05, 0.1) is 23.5 Å². The van der Waals surface area contributed by atoms with Crippen LogP contribution in [-0.2, 0) is 4.74 Å². The van der Waals surface area contributed by atoms with Gasteiger partial charge >= 0.3 is 6.09 Å². The Labute approximate surface area is 160 Å². The van der Waals surface area contributed by atoms with Crippen molar-refractivity contribution in [3.8, 4) is 0 Å². The van der Waals surface area contributed by atoms with Crippen LogP contribution < -0.4 is 5.32 Å². The van der Waals surface area contributed by atoms with Crippen molar-refractivity contribution in [1.29, 1.82) is 0 Å². The molecule has 0 spiro atoms. The highest BCUT2D eigenvalue weighted by Crippen LogP contribution is 2.34. The summed E-state index contributed by atoms with van der Waals surface area (Å²) < 4.78 is 6.53.